The molecule has 0 spiro atoms. The fourth-order valence-electron chi connectivity index (χ4n) is 3.09. The predicted octanol–water partition coefficient (Wildman–Crippen LogP) is 2.10. The lowest BCUT2D eigenvalue weighted by molar-refractivity contribution is -0.145. The fourth-order valence-corrected chi connectivity index (χ4v) is 3.09. The summed E-state index contributed by atoms with van der Waals surface area (Å²) in [6.45, 7) is 3.98. The van der Waals surface area contributed by atoms with Crippen LogP contribution in [0.4, 0.5) is 0 Å². The summed E-state index contributed by atoms with van der Waals surface area (Å²) in [5, 5.41) is 0. The third-order valence-electron chi connectivity index (χ3n) is 4.36. The molecule has 0 aromatic rings. The van der Waals surface area contributed by atoms with Crippen molar-refractivity contribution < 1.29 is 23.8 Å². The number of methoxy groups -OCH3 is 3. The summed E-state index contributed by atoms with van der Waals surface area (Å²) in [5.41, 5.74) is 1.50. The zero-order chi connectivity index (χ0) is 15.3. The zero-order valence-corrected chi connectivity index (χ0v) is 12.9. The van der Waals surface area contributed by atoms with Crippen molar-refractivity contribution in [2.75, 3.05) is 21.3 Å². The molecule has 1 rings (SSSR count). The number of ether oxygens (including phenoxy) is 3. The molecule has 114 valence electrons. The van der Waals surface area contributed by atoms with Gasteiger partial charge in [0.1, 0.15) is 6.29 Å². The van der Waals surface area contributed by atoms with Crippen molar-refractivity contribution in [3.05, 3.63) is 11.1 Å². The van der Waals surface area contributed by atoms with Crippen LogP contribution in [0, 0.1) is 11.3 Å². The Hall–Kier alpha value is -1.20. The van der Waals surface area contributed by atoms with Gasteiger partial charge >= 0.3 is 5.97 Å². The van der Waals surface area contributed by atoms with Crippen molar-refractivity contribution in [2.45, 2.75) is 39.4 Å². The van der Waals surface area contributed by atoms with Gasteiger partial charge in [-0.15, -0.1) is 0 Å². The van der Waals surface area contributed by atoms with Crippen molar-refractivity contribution in [2.24, 2.45) is 11.3 Å². The molecule has 0 aromatic carbocycles. The summed E-state index contributed by atoms with van der Waals surface area (Å²) in [5.74, 6) is -0.290. The van der Waals surface area contributed by atoms with E-state index in [2.05, 4.69) is 6.92 Å². The Bertz CT molecular complexity index is 397. The number of carbonyl (C=O) groups excluding carboxylic acids is 2. The van der Waals surface area contributed by atoms with Crippen molar-refractivity contribution in [3.8, 4) is 0 Å². The first kappa shape index (κ1) is 16.9. The molecule has 0 aliphatic heterocycles. The highest BCUT2D eigenvalue weighted by atomic mass is 16.7. The fraction of sp³-hybridized carbons (Fsp3) is 0.733. The van der Waals surface area contributed by atoms with E-state index in [1.807, 2.05) is 6.92 Å². The Kier molecular flexibility index (Phi) is 5.89. The van der Waals surface area contributed by atoms with E-state index in [1.54, 1.807) is 14.2 Å². The summed E-state index contributed by atoms with van der Waals surface area (Å²) in [4.78, 5) is 22.8. The first-order chi connectivity index (χ1) is 9.41. The normalized spacial score (nSPS) is 26.2. The Morgan fingerprint density at radius 3 is 2.45 bits per heavy atom. The van der Waals surface area contributed by atoms with Crippen LogP contribution >= 0.6 is 0 Å². The molecular formula is C15H24O5. The molecule has 0 bridgehead atoms. The van der Waals surface area contributed by atoms with Crippen molar-refractivity contribution in [1.82, 2.24) is 0 Å². The van der Waals surface area contributed by atoms with E-state index in [4.69, 9.17) is 14.2 Å². The highest BCUT2D eigenvalue weighted by molar-refractivity contribution is 5.77. The molecule has 20 heavy (non-hydrogen) atoms. The average molecular weight is 284 g/mol. The van der Waals surface area contributed by atoms with Gasteiger partial charge in [-0.25, -0.2) is 0 Å². The standard InChI is InChI=1S/C15H24O5/c1-10-11(9-16)7-15(2,8-14(19-4)20-5)12(10)6-13(17)18-3/h9,12,14H,6-8H2,1-5H3/t12-,15+/m1/s1. The van der Waals surface area contributed by atoms with Crippen LogP contribution in [0.15, 0.2) is 11.1 Å². The molecule has 2 atom stereocenters. The van der Waals surface area contributed by atoms with Gasteiger partial charge in [0, 0.05) is 20.6 Å². The van der Waals surface area contributed by atoms with Crippen molar-refractivity contribution in [1.29, 1.82) is 0 Å². The summed E-state index contributed by atoms with van der Waals surface area (Å²) < 4.78 is 15.3. The SMILES string of the molecule is COC(=O)C[C@@H]1C(C)=C(C=O)C[C@@]1(C)CC(OC)OC. The number of esters is 1. The highest BCUT2D eigenvalue weighted by Crippen LogP contribution is 2.50. The predicted molar refractivity (Wildman–Crippen MR) is 74.0 cm³/mol. The number of carbonyl (C=O) groups is 2. The van der Waals surface area contributed by atoms with E-state index >= 15 is 0 Å². The number of allylic oxidation sites excluding steroid dienone is 2. The van der Waals surface area contributed by atoms with Gasteiger partial charge in [-0.2, -0.15) is 0 Å². The van der Waals surface area contributed by atoms with E-state index in [-0.39, 0.29) is 30.0 Å². The van der Waals surface area contributed by atoms with Gasteiger partial charge in [-0.3, -0.25) is 9.59 Å². The molecule has 0 fully saturated rings. The van der Waals surface area contributed by atoms with E-state index < -0.39 is 0 Å². The Labute approximate surface area is 120 Å². The molecule has 0 aromatic heterocycles. The minimum atomic E-state index is -0.348. The van der Waals surface area contributed by atoms with Gasteiger partial charge < -0.3 is 14.2 Å². The Morgan fingerprint density at radius 2 is 2.00 bits per heavy atom. The summed E-state index contributed by atoms with van der Waals surface area (Å²) >= 11 is 0. The molecule has 0 unspecified atom stereocenters. The molecule has 1 aliphatic carbocycles. The van der Waals surface area contributed by atoms with Crippen LogP contribution in [0.1, 0.15) is 33.1 Å². The van der Waals surface area contributed by atoms with Crippen LogP contribution in [-0.4, -0.2) is 39.9 Å². The molecule has 0 N–H and O–H groups in total. The zero-order valence-electron chi connectivity index (χ0n) is 12.9. The quantitative estimate of drug-likeness (QED) is 0.407. The summed E-state index contributed by atoms with van der Waals surface area (Å²) in [6, 6.07) is 0. The van der Waals surface area contributed by atoms with Crippen LogP contribution in [0.2, 0.25) is 0 Å². The van der Waals surface area contributed by atoms with Gasteiger partial charge in [0.15, 0.2) is 6.29 Å². The number of rotatable bonds is 7. The third kappa shape index (κ3) is 3.46. The minimum Gasteiger partial charge on any atom is -0.469 e. The molecule has 0 radical (unpaired) electrons. The van der Waals surface area contributed by atoms with Crippen LogP contribution in [0.25, 0.3) is 0 Å². The highest BCUT2D eigenvalue weighted by Gasteiger charge is 2.44. The lowest BCUT2D eigenvalue weighted by Gasteiger charge is -2.34. The summed E-state index contributed by atoms with van der Waals surface area (Å²) in [6.07, 6.45) is 2.07. The second kappa shape index (κ2) is 6.99. The third-order valence-corrected chi connectivity index (χ3v) is 4.36. The van der Waals surface area contributed by atoms with Gasteiger partial charge in [0.05, 0.1) is 13.5 Å². The Morgan fingerprint density at radius 1 is 1.40 bits per heavy atom. The average Bonchev–Trinajstić information content (AvgIpc) is 2.69. The maximum Gasteiger partial charge on any atom is 0.306 e. The lowest BCUT2D eigenvalue weighted by Crippen LogP contribution is -2.32. The van der Waals surface area contributed by atoms with Crippen LogP contribution < -0.4 is 0 Å². The lowest BCUT2D eigenvalue weighted by atomic mass is 9.72. The van der Waals surface area contributed by atoms with Gasteiger partial charge in [0.2, 0.25) is 0 Å². The van der Waals surface area contributed by atoms with Crippen LogP contribution in [-0.2, 0) is 23.8 Å². The second-order valence-electron chi connectivity index (χ2n) is 5.59. The molecule has 1 aliphatic rings. The molecular weight excluding hydrogens is 260 g/mol. The van der Waals surface area contributed by atoms with Crippen molar-refractivity contribution >= 4 is 12.3 Å². The first-order valence-electron chi connectivity index (χ1n) is 6.69. The van der Waals surface area contributed by atoms with Crippen LogP contribution in [0.5, 0.6) is 0 Å². The Balaban J connectivity index is 2.98. The maximum atomic E-state index is 11.6. The summed E-state index contributed by atoms with van der Waals surface area (Å²) in [7, 11) is 4.55. The molecule has 0 saturated heterocycles. The largest absolute Gasteiger partial charge is 0.469 e. The number of aldehydes is 1. The molecule has 0 saturated carbocycles. The van der Waals surface area contributed by atoms with Gasteiger partial charge in [-0.05, 0) is 30.3 Å². The second-order valence-corrected chi connectivity index (χ2v) is 5.59. The van der Waals surface area contributed by atoms with Crippen molar-refractivity contribution in [3.63, 3.8) is 0 Å². The minimum absolute atomic E-state index is 0.0250. The first-order valence-corrected chi connectivity index (χ1v) is 6.69. The van der Waals surface area contributed by atoms with E-state index in [0.29, 0.717) is 12.8 Å². The van der Waals surface area contributed by atoms with E-state index in [1.165, 1.54) is 7.11 Å². The number of hydrogen-bond donors (Lipinski definition) is 0. The van der Waals surface area contributed by atoms with Gasteiger partial charge in [0.25, 0.3) is 0 Å². The smallest absolute Gasteiger partial charge is 0.306 e. The number of hydrogen-bond acceptors (Lipinski definition) is 5. The molecule has 5 nitrogen and oxygen atoms in total. The maximum absolute atomic E-state index is 11.6. The monoisotopic (exact) mass is 284 g/mol. The van der Waals surface area contributed by atoms with Gasteiger partial charge in [-0.1, -0.05) is 12.5 Å². The molecule has 0 amide bonds. The molecule has 0 heterocycles. The van der Waals surface area contributed by atoms with E-state index in [0.717, 1.165) is 17.4 Å². The molecule has 5 heteroatoms. The van der Waals surface area contributed by atoms with E-state index in [9.17, 15) is 9.59 Å². The van der Waals surface area contributed by atoms with Crippen LogP contribution in [0.3, 0.4) is 0 Å². The topological polar surface area (TPSA) is 61.8 Å².